The van der Waals surface area contributed by atoms with Gasteiger partial charge < -0.3 is 42.1 Å². The summed E-state index contributed by atoms with van der Waals surface area (Å²) in [5.41, 5.74) is 16.0. The van der Waals surface area contributed by atoms with E-state index >= 15 is 0 Å². The minimum atomic E-state index is -0.475. The lowest BCUT2D eigenvalue weighted by molar-refractivity contribution is 1.01. The molecular weight excluding hydrogens is 610 g/mol. The molecular formula is C23H25N17O6. The fourth-order valence-electron chi connectivity index (χ4n) is 2.89. The molecule has 7 heterocycles. The Labute approximate surface area is 251 Å². The van der Waals surface area contributed by atoms with Gasteiger partial charge in [-0.05, 0) is 13.0 Å². The van der Waals surface area contributed by atoms with Gasteiger partial charge in [-0.15, -0.1) is 0 Å². The summed E-state index contributed by atoms with van der Waals surface area (Å²) in [6.45, 7) is 1.62. The van der Waals surface area contributed by atoms with Crippen LogP contribution >= 0.6 is 0 Å². The highest BCUT2D eigenvalue weighted by Crippen LogP contribution is 2.09. The molecule has 0 aliphatic heterocycles. The Balaban J connectivity index is 0.000000158. The highest BCUT2D eigenvalue weighted by molar-refractivity contribution is 5.80. The van der Waals surface area contributed by atoms with Gasteiger partial charge in [0.05, 0.1) is 12.7 Å². The fraction of sp³-hybridized carbons (Fsp3) is 0.0435. The first-order valence-corrected chi connectivity index (χ1v) is 12.4. The minimum absolute atomic E-state index is 0.0896. The van der Waals surface area contributed by atoms with Crippen molar-refractivity contribution in [1.82, 2.24) is 69.8 Å². The van der Waals surface area contributed by atoms with Crippen molar-refractivity contribution in [3.05, 3.63) is 118 Å². The first-order valence-electron chi connectivity index (χ1n) is 12.4. The van der Waals surface area contributed by atoms with E-state index in [0.717, 1.165) is 0 Å². The number of rotatable bonds is 0. The number of imidazole rings is 2. The van der Waals surface area contributed by atoms with Crippen molar-refractivity contribution >= 4 is 39.9 Å². The van der Waals surface area contributed by atoms with Crippen LogP contribution in [0, 0.1) is 6.92 Å². The van der Waals surface area contributed by atoms with Crippen molar-refractivity contribution in [3.8, 4) is 0 Å². The van der Waals surface area contributed by atoms with E-state index < -0.39 is 17.1 Å². The van der Waals surface area contributed by atoms with Crippen molar-refractivity contribution in [2.24, 2.45) is 0 Å². The van der Waals surface area contributed by atoms with Gasteiger partial charge in [-0.3, -0.25) is 29.3 Å². The molecule has 0 aromatic carbocycles. The first kappa shape index (κ1) is 33.0. The van der Waals surface area contributed by atoms with Crippen molar-refractivity contribution in [3.63, 3.8) is 0 Å². The third kappa shape index (κ3) is 10.1. The van der Waals surface area contributed by atoms with Gasteiger partial charge in [0.15, 0.2) is 22.6 Å². The highest BCUT2D eigenvalue weighted by Gasteiger charge is 2.02. The van der Waals surface area contributed by atoms with E-state index in [4.69, 9.17) is 17.2 Å². The molecule has 0 saturated carbocycles. The van der Waals surface area contributed by atoms with Crippen molar-refractivity contribution < 1.29 is 0 Å². The molecule has 7 rings (SSSR count). The molecule has 0 radical (unpaired) electrons. The zero-order valence-corrected chi connectivity index (χ0v) is 23.5. The van der Waals surface area contributed by atoms with Crippen LogP contribution in [0.3, 0.4) is 0 Å². The van der Waals surface area contributed by atoms with E-state index in [1.807, 2.05) is 4.98 Å². The van der Waals surface area contributed by atoms with E-state index in [2.05, 4.69) is 64.8 Å². The van der Waals surface area contributed by atoms with Crippen LogP contribution in [0.5, 0.6) is 0 Å². The van der Waals surface area contributed by atoms with Crippen LogP contribution < -0.4 is 50.9 Å². The lowest BCUT2D eigenvalue weighted by atomic mass is 10.4. The second-order valence-electron chi connectivity index (χ2n) is 8.28. The largest absolute Gasteiger partial charge is 0.383 e. The summed E-state index contributed by atoms with van der Waals surface area (Å²) in [5.74, 6) is 0.742. The first-order chi connectivity index (χ1) is 21.9. The van der Waals surface area contributed by atoms with Crippen LogP contribution in [-0.2, 0) is 0 Å². The molecule has 0 spiro atoms. The smallest absolute Gasteiger partial charge is 0.346 e. The molecule has 0 fully saturated rings. The topological polar surface area (TPSA) is 384 Å². The summed E-state index contributed by atoms with van der Waals surface area (Å²) >= 11 is 0. The van der Waals surface area contributed by atoms with E-state index in [1.54, 1.807) is 6.92 Å². The molecule has 0 atom stereocenters. The molecule has 46 heavy (non-hydrogen) atoms. The molecule has 23 nitrogen and oxygen atoms in total. The quantitative estimate of drug-likeness (QED) is 0.0788. The number of aromatic nitrogens is 14. The van der Waals surface area contributed by atoms with E-state index in [0.29, 0.717) is 28.2 Å². The van der Waals surface area contributed by atoms with Crippen LogP contribution in [0.25, 0.3) is 22.3 Å². The molecule has 0 aliphatic rings. The summed E-state index contributed by atoms with van der Waals surface area (Å²) in [7, 11) is 0. The van der Waals surface area contributed by atoms with E-state index in [-0.39, 0.29) is 34.0 Å². The number of nitrogens with zero attached hydrogens (tertiary/aromatic N) is 6. The van der Waals surface area contributed by atoms with E-state index in [1.165, 1.54) is 49.7 Å². The molecule has 238 valence electrons. The average molecular weight is 636 g/mol. The molecule has 0 aliphatic carbocycles. The summed E-state index contributed by atoms with van der Waals surface area (Å²) in [4.78, 5) is 104. The molecule has 7 aromatic rings. The summed E-state index contributed by atoms with van der Waals surface area (Å²) in [6, 6.07) is 2.75. The van der Waals surface area contributed by atoms with Gasteiger partial charge in [-0.1, -0.05) is 0 Å². The van der Waals surface area contributed by atoms with Crippen LogP contribution in [-0.4, -0.2) is 69.8 Å². The lowest BCUT2D eigenvalue weighted by Gasteiger charge is -1.89. The van der Waals surface area contributed by atoms with Crippen molar-refractivity contribution in [2.45, 2.75) is 6.92 Å². The van der Waals surface area contributed by atoms with Crippen LogP contribution in [0.2, 0.25) is 0 Å². The van der Waals surface area contributed by atoms with Gasteiger partial charge in [0, 0.05) is 30.2 Å². The van der Waals surface area contributed by atoms with E-state index in [9.17, 15) is 28.8 Å². The molecule has 0 unspecified atom stereocenters. The average Bonchev–Trinajstić information content (AvgIpc) is 3.67. The van der Waals surface area contributed by atoms with Crippen LogP contribution in [0.1, 0.15) is 5.56 Å². The maximum Gasteiger partial charge on any atom is 0.346 e. The molecule has 0 bridgehead atoms. The maximum absolute atomic E-state index is 11.0. The van der Waals surface area contributed by atoms with Gasteiger partial charge in [0.2, 0.25) is 5.95 Å². The molecule has 14 N–H and O–H groups in total. The molecule has 23 heteroatoms. The number of aromatic amines is 8. The minimum Gasteiger partial charge on any atom is -0.383 e. The third-order valence-electron chi connectivity index (χ3n) is 4.94. The summed E-state index contributed by atoms with van der Waals surface area (Å²) in [6.07, 6.45) is 8.45. The Hall–Kier alpha value is -7.46. The zero-order valence-electron chi connectivity index (χ0n) is 23.5. The zero-order chi connectivity index (χ0) is 33.6. The number of hydrogen-bond donors (Lipinski definition) is 11. The normalized spacial score (nSPS) is 9.76. The van der Waals surface area contributed by atoms with Gasteiger partial charge in [0.25, 0.3) is 16.7 Å². The van der Waals surface area contributed by atoms with Gasteiger partial charge >= 0.3 is 17.1 Å². The Kier molecular flexibility index (Phi) is 11.3. The highest BCUT2D eigenvalue weighted by atomic mass is 16.2. The Morgan fingerprint density at radius 1 is 0.630 bits per heavy atom. The van der Waals surface area contributed by atoms with Crippen molar-refractivity contribution in [1.29, 1.82) is 0 Å². The van der Waals surface area contributed by atoms with Gasteiger partial charge in [-0.2, -0.15) is 9.97 Å². The third-order valence-corrected chi connectivity index (χ3v) is 4.94. The Bertz CT molecular complexity index is 2350. The number of nitrogens with one attached hydrogen (secondary N) is 8. The molecule has 0 saturated heterocycles. The Morgan fingerprint density at radius 3 is 1.87 bits per heavy atom. The maximum atomic E-state index is 11.0. The fourth-order valence-corrected chi connectivity index (χ4v) is 2.89. The lowest BCUT2D eigenvalue weighted by Crippen LogP contribution is -2.22. The second kappa shape index (κ2) is 15.7. The van der Waals surface area contributed by atoms with Gasteiger partial charge in [-0.25, -0.2) is 34.3 Å². The molecule has 7 aromatic heterocycles. The second-order valence-corrected chi connectivity index (χ2v) is 8.28. The van der Waals surface area contributed by atoms with Gasteiger partial charge in [0.1, 0.15) is 17.7 Å². The number of anilines is 3. The number of hydrogen-bond acceptors (Lipinski definition) is 15. The van der Waals surface area contributed by atoms with Crippen molar-refractivity contribution in [2.75, 3.05) is 17.2 Å². The number of fused-ring (bicyclic) bond motifs is 2. The standard InChI is InChI=1S/C5H5N5O.C5H5N5.C5H6N2O2.C4H5N3O.C4H4N2O2/c6-5-9-3-2(4(11)10-5)7-1-8-3;6-4-3-5(9-1-7-3)10-2-8-4;1-3-2-6-5(9)7-4(3)8;5-3-1-2-6-4(8)7-3;7-3-1-2-5-4(8)6-3/h1H,(H4,6,7,8,9,10,11);1-2H,(H3,6,7,8,9,10);2H,1H3,(H2,6,7,8,9);1-2H,(H3,5,6,7,8);1-2H,(H2,5,6,7,8). The number of aryl methyl sites for hydroxylation is 1. The van der Waals surface area contributed by atoms with Crippen LogP contribution in [0.4, 0.5) is 17.6 Å². The number of nitrogen functional groups attached to an aromatic ring is 3. The summed E-state index contributed by atoms with van der Waals surface area (Å²) < 4.78 is 0. The SMILES string of the molecule is Cc1c[nH]c(=O)[nH]c1=O.Nc1cc[nH]c(=O)n1.Nc1nc2[nH]cnc2c(=O)[nH]1.Nc1ncnc2[nH]cnc12.O=c1cc[nH]c(=O)[nH]1. The number of nitrogens with two attached hydrogens (primary N) is 3. The summed E-state index contributed by atoms with van der Waals surface area (Å²) in [5, 5.41) is 0. The van der Waals surface area contributed by atoms with Crippen LogP contribution in [0.15, 0.2) is 78.5 Å². The predicted octanol–water partition coefficient (Wildman–Crippen LogP) is -3.05. The molecule has 0 amide bonds. The number of H-pyrrole nitrogens is 8. The predicted molar refractivity (Wildman–Crippen MR) is 164 cm³/mol. The monoisotopic (exact) mass is 635 g/mol. The Morgan fingerprint density at radius 2 is 1.30 bits per heavy atom.